The van der Waals surface area contributed by atoms with E-state index in [9.17, 15) is 4.79 Å². The van der Waals surface area contributed by atoms with E-state index in [-0.39, 0.29) is 11.7 Å². The Morgan fingerprint density at radius 1 is 1.16 bits per heavy atom. The van der Waals surface area contributed by atoms with Crippen LogP contribution in [0.5, 0.6) is 0 Å². The third-order valence-corrected chi connectivity index (χ3v) is 4.44. The van der Waals surface area contributed by atoms with Crippen LogP contribution in [0.15, 0.2) is 54.2 Å². The van der Waals surface area contributed by atoms with Gasteiger partial charge in [-0.2, -0.15) is 4.98 Å². The molecule has 7 nitrogen and oxygen atoms in total. The molecule has 0 aliphatic heterocycles. The van der Waals surface area contributed by atoms with Gasteiger partial charge in [-0.1, -0.05) is 30.3 Å². The second-order valence-corrected chi connectivity index (χ2v) is 6.32. The minimum Gasteiger partial charge on any atom is -0.344 e. The van der Waals surface area contributed by atoms with Crippen LogP contribution in [-0.4, -0.2) is 30.5 Å². The van der Waals surface area contributed by atoms with Gasteiger partial charge in [0.15, 0.2) is 0 Å². The molecule has 4 rings (SSSR count). The third kappa shape index (κ3) is 3.53. The van der Waals surface area contributed by atoms with Crippen molar-refractivity contribution in [3.05, 3.63) is 76.3 Å². The van der Waals surface area contributed by atoms with Gasteiger partial charge in [0.1, 0.15) is 0 Å². The topological polar surface area (TPSA) is 85.1 Å². The Morgan fingerprint density at radius 2 is 2.04 bits per heavy atom. The van der Waals surface area contributed by atoms with Gasteiger partial charge in [-0.3, -0.25) is 4.79 Å². The Balaban J connectivity index is 1.39. The number of thiazole rings is 1. The number of rotatable bonds is 5. The number of aromatic nitrogens is 5. The fourth-order valence-corrected chi connectivity index (χ4v) is 3.19. The second-order valence-electron chi connectivity index (χ2n) is 5.38. The number of nitrogens with one attached hydrogen (secondary N) is 1. The average Bonchev–Trinajstić information content (AvgIpc) is 3.27. The predicted molar refractivity (Wildman–Crippen MR) is 93.3 cm³/mol. The van der Waals surface area contributed by atoms with Crippen LogP contribution in [0, 0.1) is 0 Å². The fraction of sp³-hybridized carbons (Fsp3) is 0.118. The van der Waals surface area contributed by atoms with E-state index >= 15 is 0 Å². The van der Waals surface area contributed by atoms with E-state index in [2.05, 4.69) is 37.5 Å². The van der Waals surface area contributed by atoms with Crippen LogP contribution in [0.1, 0.15) is 26.9 Å². The predicted octanol–water partition coefficient (Wildman–Crippen LogP) is 2.10. The molecule has 0 radical (unpaired) electrons. The minimum absolute atomic E-state index is 0.0958. The number of nitrogens with zero attached hydrogens (tertiary/aromatic N) is 5. The fourth-order valence-electron chi connectivity index (χ4n) is 2.36. The Labute approximate surface area is 147 Å². The monoisotopic (exact) mass is 350 g/mol. The van der Waals surface area contributed by atoms with Crippen molar-refractivity contribution in [2.24, 2.45) is 0 Å². The number of fused-ring (bicyclic) bond motifs is 1. The van der Waals surface area contributed by atoms with Gasteiger partial charge in [0, 0.05) is 24.2 Å². The number of carbonyl (C=O) groups excluding carboxylic acids is 1. The van der Waals surface area contributed by atoms with Crippen molar-refractivity contribution >= 4 is 23.0 Å². The maximum absolute atomic E-state index is 12.2. The molecule has 25 heavy (non-hydrogen) atoms. The van der Waals surface area contributed by atoms with Crippen LogP contribution in [0.25, 0.3) is 5.78 Å². The molecule has 0 spiro atoms. The molecule has 0 saturated heterocycles. The van der Waals surface area contributed by atoms with E-state index in [0.29, 0.717) is 12.3 Å². The van der Waals surface area contributed by atoms with Crippen LogP contribution in [0.3, 0.4) is 0 Å². The summed E-state index contributed by atoms with van der Waals surface area (Å²) in [5, 5.41) is 9.87. The largest absolute Gasteiger partial charge is 0.344 e. The Morgan fingerprint density at radius 3 is 2.88 bits per heavy atom. The first kappa shape index (κ1) is 15.4. The van der Waals surface area contributed by atoms with E-state index < -0.39 is 0 Å². The van der Waals surface area contributed by atoms with Gasteiger partial charge < -0.3 is 5.32 Å². The lowest BCUT2D eigenvalue weighted by Crippen LogP contribution is -2.24. The molecule has 4 aromatic rings. The maximum atomic E-state index is 12.2. The summed E-state index contributed by atoms with van der Waals surface area (Å²) in [5.41, 5.74) is 2.04. The Bertz CT molecular complexity index is 977. The smallest absolute Gasteiger partial charge is 0.291 e. The highest BCUT2D eigenvalue weighted by Gasteiger charge is 2.13. The molecule has 3 aromatic heterocycles. The van der Waals surface area contributed by atoms with Crippen molar-refractivity contribution in [1.29, 1.82) is 0 Å². The minimum atomic E-state index is -0.344. The lowest BCUT2D eigenvalue weighted by molar-refractivity contribution is 0.0940. The summed E-state index contributed by atoms with van der Waals surface area (Å²) >= 11 is 1.59. The summed E-state index contributed by atoms with van der Waals surface area (Å²) < 4.78 is 1.47. The average molecular weight is 350 g/mol. The number of hydrogen-bond acceptors (Lipinski definition) is 6. The van der Waals surface area contributed by atoms with Crippen LogP contribution in [0.4, 0.5) is 0 Å². The molecular weight excluding hydrogens is 336 g/mol. The van der Waals surface area contributed by atoms with Crippen LogP contribution in [0.2, 0.25) is 0 Å². The summed E-state index contributed by atoms with van der Waals surface area (Å²) in [4.78, 5) is 24.9. The zero-order valence-corrected chi connectivity index (χ0v) is 14.0. The quantitative estimate of drug-likeness (QED) is 0.596. The van der Waals surface area contributed by atoms with Gasteiger partial charge in [-0.05, 0) is 11.6 Å². The highest BCUT2D eigenvalue weighted by molar-refractivity contribution is 7.09. The summed E-state index contributed by atoms with van der Waals surface area (Å²) in [6.45, 7) is 0.340. The lowest BCUT2D eigenvalue weighted by Gasteiger charge is -1.99. The first-order chi connectivity index (χ1) is 12.3. The highest BCUT2D eigenvalue weighted by Crippen LogP contribution is 2.14. The van der Waals surface area contributed by atoms with Crippen LogP contribution < -0.4 is 5.32 Å². The molecule has 0 fully saturated rings. The van der Waals surface area contributed by atoms with E-state index in [1.165, 1.54) is 10.1 Å². The Hall–Kier alpha value is -3.13. The van der Waals surface area contributed by atoms with Crippen LogP contribution in [-0.2, 0) is 13.0 Å². The number of hydrogen-bond donors (Lipinski definition) is 1. The number of carbonyl (C=O) groups is 1. The molecule has 0 bridgehead atoms. The van der Waals surface area contributed by atoms with E-state index in [1.807, 2.05) is 23.6 Å². The summed E-state index contributed by atoms with van der Waals surface area (Å²) in [5.74, 6) is 0.146. The molecule has 1 amide bonds. The lowest BCUT2D eigenvalue weighted by atomic mass is 10.2. The number of benzene rings is 1. The van der Waals surface area contributed by atoms with Gasteiger partial charge in [-0.25, -0.2) is 14.5 Å². The standard InChI is InChI=1S/C17H14N6OS/c24-16(15-21-17-18-7-4-8-23(17)22-15)19-10-13-11-25-14(20-13)9-12-5-2-1-3-6-12/h1-8,11H,9-10H2,(H,19,24). The summed E-state index contributed by atoms with van der Waals surface area (Å²) in [7, 11) is 0. The van der Waals surface area contributed by atoms with Gasteiger partial charge in [-0.15, -0.1) is 16.4 Å². The second kappa shape index (κ2) is 6.78. The highest BCUT2D eigenvalue weighted by atomic mass is 32.1. The molecule has 8 heteroatoms. The van der Waals surface area contributed by atoms with Gasteiger partial charge in [0.25, 0.3) is 11.7 Å². The maximum Gasteiger partial charge on any atom is 0.291 e. The first-order valence-corrected chi connectivity index (χ1v) is 8.59. The van der Waals surface area contributed by atoms with Crippen molar-refractivity contribution in [2.45, 2.75) is 13.0 Å². The molecule has 124 valence electrons. The molecule has 1 aromatic carbocycles. The zero-order chi connectivity index (χ0) is 17.1. The van der Waals surface area contributed by atoms with Crippen molar-refractivity contribution in [3.63, 3.8) is 0 Å². The molecule has 0 saturated carbocycles. The molecule has 3 heterocycles. The molecule has 0 atom stereocenters. The molecule has 1 N–H and O–H groups in total. The summed E-state index contributed by atoms with van der Waals surface area (Å²) in [6, 6.07) is 11.9. The van der Waals surface area contributed by atoms with Crippen molar-refractivity contribution < 1.29 is 4.79 Å². The third-order valence-electron chi connectivity index (χ3n) is 3.55. The van der Waals surface area contributed by atoms with Crippen molar-refractivity contribution in [3.8, 4) is 0 Å². The normalized spacial score (nSPS) is 10.9. The van der Waals surface area contributed by atoms with Gasteiger partial charge in [0.2, 0.25) is 5.82 Å². The van der Waals surface area contributed by atoms with E-state index in [0.717, 1.165) is 17.1 Å². The molecule has 0 unspecified atom stereocenters. The first-order valence-electron chi connectivity index (χ1n) is 7.71. The van der Waals surface area contributed by atoms with Gasteiger partial charge in [0.05, 0.1) is 17.2 Å². The Kier molecular flexibility index (Phi) is 4.17. The SMILES string of the molecule is O=C(NCc1csc(Cc2ccccc2)n1)c1nc2ncccn2n1. The molecular formula is C17H14N6OS. The molecule has 0 aliphatic carbocycles. The zero-order valence-electron chi connectivity index (χ0n) is 13.2. The van der Waals surface area contributed by atoms with E-state index in [1.54, 1.807) is 29.8 Å². The van der Waals surface area contributed by atoms with Crippen LogP contribution >= 0.6 is 11.3 Å². The number of amides is 1. The molecule has 0 aliphatic rings. The van der Waals surface area contributed by atoms with Crippen molar-refractivity contribution in [1.82, 2.24) is 29.9 Å². The summed E-state index contributed by atoms with van der Waals surface area (Å²) in [6.07, 6.45) is 4.09. The van der Waals surface area contributed by atoms with E-state index in [4.69, 9.17) is 0 Å². The van der Waals surface area contributed by atoms with Crippen molar-refractivity contribution in [2.75, 3.05) is 0 Å². The van der Waals surface area contributed by atoms with Gasteiger partial charge >= 0.3 is 0 Å².